The lowest BCUT2D eigenvalue weighted by Gasteiger charge is -2.18. The molecule has 1 aliphatic heterocycles. The van der Waals surface area contributed by atoms with Crippen LogP contribution in [0.4, 0.5) is 0 Å². The van der Waals surface area contributed by atoms with Gasteiger partial charge in [-0.3, -0.25) is 4.90 Å². The number of likely N-dealkylation sites (tertiary alicyclic amines) is 1. The quantitative estimate of drug-likeness (QED) is 0.415. The van der Waals surface area contributed by atoms with Gasteiger partial charge in [0.15, 0.2) is 18.9 Å². The zero-order valence-corrected chi connectivity index (χ0v) is 13.1. The Balaban J connectivity index is 1.85. The monoisotopic (exact) mass is 273 g/mol. The summed E-state index contributed by atoms with van der Waals surface area (Å²) in [6.07, 6.45) is 16.8. The van der Waals surface area contributed by atoms with Gasteiger partial charge in [0.05, 0.1) is 0 Å². The lowest BCUT2D eigenvalue weighted by molar-refractivity contribution is -0.696. The van der Waals surface area contributed by atoms with Crippen molar-refractivity contribution in [3.63, 3.8) is 0 Å². The second-order valence-corrected chi connectivity index (χ2v) is 5.92. The molecule has 0 bridgehead atoms. The van der Waals surface area contributed by atoms with Crippen molar-refractivity contribution in [2.75, 3.05) is 13.6 Å². The number of nitrogens with zero attached hydrogens (tertiary/aromatic N) is 2. The maximum atomic E-state index is 2.48. The van der Waals surface area contributed by atoms with Crippen molar-refractivity contribution in [2.24, 2.45) is 0 Å². The number of aryl methyl sites for hydroxylation is 1. The van der Waals surface area contributed by atoms with Crippen LogP contribution in [0.1, 0.15) is 57.1 Å². The van der Waals surface area contributed by atoms with Gasteiger partial charge in [-0.25, -0.2) is 4.57 Å². The SMILES string of the molecule is CCCC/C=C/CC[n+]1cccc([C@@H]2CCCN2C)c1. The van der Waals surface area contributed by atoms with Gasteiger partial charge in [-0.05, 0) is 38.9 Å². The second kappa shape index (κ2) is 8.21. The van der Waals surface area contributed by atoms with E-state index in [4.69, 9.17) is 0 Å². The fourth-order valence-corrected chi connectivity index (χ4v) is 2.99. The van der Waals surface area contributed by atoms with E-state index < -0.39 is 0 Å². The molecule has 110 valence electrons. The molecule has 2 nitrogen and oxygen atoms in total. The first kappa shape index (κ1) is 15.2. The maximum Gasteiger partial charge on any atom is 0.173 e. The summed E-state index contributed by atoms with van der Waals surface area (Å²) in [6, 6.07) is 5.10. The van der Waals surface area contributed by atoms with Crippen molar-refractivity contribution >= 4 is 0 Å². The summed E-state index contributed by atoms with van der Waals surface area (Å²) in [5.41, 5.74) is 1.47. The molecule has 2 heterocycles. The van der Waals surface area contributed by atoms with Crippen molar-refractivity contribution < 1.29 is 4.57 Å². The first-order valence-electron chi connectivity index (χ1n) is 8.15. The minimum Gasteiger partial charge on any atom is -0.299 e. The molecular formula is C18H29N2+. The summed E-state index contributed by atoms with van der Waals surface area (Å²) < 4.78 is 2.34. The first-order chi connectivity index (χ1) is 9.81. The Bertz CT molecular complexity index is 425. The molecule has 1 aliphatic rings. The van der Waals surface area contributed by atoms with E-state index in [1.54, 1.807) is 0 Å². The topological polar surface area (TPSA) is 7.12 Å². The van der Waals surface area contributed by atoms with Gasteiger partial charge < -0.3 is 0 Å². The summed E-state index contributed by atoms with van der Waals surface area (Å²) in [5.74, 6) is 0. The Hall–Kier alpha value is -1.15. The van der Waals surface area contributed by atoms with Crippen LogP contribution in [0.2, 0.25) is 0 Å². The molecule has 0 amide bonds. The van der Waals surface area contributed by atoms with Crippen molar-refractivity contribution in [3.8, 4) is 0 Å². The average molecular weight is 273 g/mol. The van der Waals surface area contributed by atoms with E-state index in [1.165, 1.54) is 44.2 Å². The van der Waals surface area contributed by atoms with Gasteiger partial charge in [0.2, 0.25) is 0 Å². The highest BCUT2D eigenvalue weighted by molar-refractivity contribution is 5.12. The van der Waals surface area contributed by atoms with Gasteiger partial charge in [-0.15, -0.1) is 0 Å². The van der Waals surface area contributed by atoms with E-state index >= 15 is 0 Å². The predicted octanol–water partition coefficient (Wildman–Crippen LogP) is 3.88. The Morgan fingerprint density at radius 3 is 2.95 bits per heavy atom. The van der Waals surface area contributed by atoms with Crippen LogP contribution in [0.5, 0.6) is 0 Å². The fourth-order valence-electron chi connectivity index (χ4n) is 2.99. The molecule has 0 aliphatic carbocycles. The first-order valence-corrected chi connectivity index (χ1v) is 8.15. The highest BCUT2D eigenvalue weighted by Crippen LogP contribution is 2.29. The Morgan fingerprint density at radius 1 is 1.35 bits per heavy atom. The van der Waals surface area contributed by atoms with Crippen LogP contribution >= 0.6 is 0 Å². The van der Waals surface area contributed by atoms with Crippen LogP contribution in [0.25, 0.3) is 0 Å². The zero-order chi connectivity index (χ0) is 14.2. The largest absolute Gasteiger partial charge is 0.299 e. The van der Waals surface area contributed by atoms with Crippen LogP contribution in [-0.2, 0) is 6.54 Å². The summed E-state index contributed by atoms with van der Waals surface area (Å²) in [7, 11) is 2.24. The van der Waals surface area contributed by atoms with Crippen LogP contribution in [0.3, 0.4) is 0 Å². The molecule has 0 spiro atoms. The summed E-state index contributed by atoms with van der Waals surface area (Å²) in [6.45, 7) is 4.57. The van der Waals surface area contributed by atoms with Crippen molar-refractivity contribution in [2.45, 2.75) is 58.0 Å². The Kier molecular flexibility index (Phi) is 6.25. The molecule has 1 aromatic rings. The van der Waals surface area contributed by atoms with Crippen molar-refractivity contribution in [1.29, 1.82) is 0 Å². The summed E-state index contributed by atoms with van der Waals surface area (Å²) in [4.78, 5) is 2.48. The molecule has 1 atom stereocenters. The highest BCUT2D eigenvalue weighted by atomic mass is 15.1. The molecule has 20 heavy (non-hydrogen) atoms. The van der Waals surface area contributed by atoms with E-state index in [1.807, 2.05) is 0 Å². The molecule has 1 fully saturated rings. The fraction of sp³-hybridized carbons (Fsp3) is 0.611. The van der Waals surface area contributed by atoms with Crippen LogP contribution in [-0.4, -0.2) is 18.5 Å². The minimum absolute atomic E-state index is 0.627. The number of aromatic nitrogens is 1. The van der Waals surface area contributed by atoms with Crippen LogP contribution in [0, 0.1) is 0 Å². The molecule has 0 unspecified atom stereocenters. The lowest BCUT2D eigenvalue weighted by atomic mass is 10.1. The molecule has 2 rings (SSSR count). The molecule has 0 saturated carbocycles. The number of hydrogen-bond donors (Lipinski definition) is 0. The molecule has 1 aromatic heterocycles. The minimum atomic E-state index is 0.627. The molecule has 0 radical (unpaired) electrons. The molecule has 0 aromatic carbocycles. The smallest absolute Gasteiger partial charge is 0.173 e. The van der Waals surface area contributed by atoms with E-state index in [0.717, 1.165) is 13.0 Å². The number of pyridine rings is 1. The molecule has 0 N–H and O–H groups in total. The van der Waals surface area contributed by atoms with Gasteiger partial charge in [0.1, 0.15) is 0 Å². The lowest BCUT2D eigenvalue weighted by Crippen LogP contribution is -2.34. The summed E-state index contributed by atoms with van der Waals surface area (Å²) in [5, 5.41) is 0. The van der Waals surface area contributed by atoms with Gasteiger partial charge in [-0.2, -0.15) is 0 Å². The van der Waals surface area contributed by atoms with Crippen molar-refractivity contribution in [3.05, 3.63) is 42.2 Å². The highest BCUT2D eigenvalue weighted by Gasteiger charge is 2.24. The molecular weight excluding hydrogens is 244 g/mol. The molecule has 2 heteroatoms. The Labute approximate surface area is 124 Å². The van der Waals surface area contributed by atoms with Gasteiger partial charge in [-0.1, -0.05) is 31.9 Å². The number of allylic oxidation sites excluding steroid dienone is 2. The maximum absolute atomic E-state index is 2.48. The van der Waals surface area contributed by atoms with Gasteiger partial charge in [0, 0.05) is 24.1 Å². The molecule has 1 saturated heterocycles. The normalized spacial score (nSPS) is 20.0. The van der Waals surface area contributed by atoms with Gasteiger partial charge >= 0.3 is 0 Å². The van der Waals surface area contributed by atoms with E-state index in [9.17, 15) is 0 Å². The van der Waals surface area contributed by atoms with E-state index in [2.05, 4.69) is 60.1 Å². The van der Waals surface area contributed by atoms with E-state index in [-0.39, 0.29) is 0 Å². The second-order valence-electron chi connectivity index (χ2n) is 5.92. The number of rotatable bonds is 7. The number of hydrogen-bond acceptors (Lipinski definition) is 1. The third-order valence-corrected chi connectivity index (χ3v) is 4.23. The average Bonchev–Trinajstić information content (AvgIpc) is 2.89. The van der Waals surface area contributed by atoms with E-state index in [0.29, 0.717) is 6.04 Å². The third kappa shape index (κ3) is 4.45. The van der Waals surface area contributed by atoms with Crippen molar-refractivity contribution in [1.82, 2.24) is 4.90 Å². The standard InChI is InChI=1S/C18H29N2/c1-3-4-5-6-7-8-14-20-15-9-11-17(16-20)18-12-10-13-19(18)2/h6-7,9,11,15-16,18H,3-5,8,10,12-14H2,1-2H3/q+1/b7-6+/t18-/m0/s1. The van der Waals surface area contributed by atoms with Gasteiger partial charge in [0.25, 0.3) is 0 Å². The summed E-state index contributed by atoms with van der Waals surface area (Å²) >= 11 is 0. The predicted molar refractivity (Wildman–Crippen MR) is 84.5 cm³/mol. The van der Waals surface area contributed by atoms with Crippen LogP contribution in [0.15, 0.2) is 36.7 Å². The Morgan fingerprint density at radius 2 is 2.20 bits per heavy atom. The van der Waals surface area contributed by atoms with Crippen LogP contribution < -0.4 is 4.57 Å². The zero-order valence-electron chi connectivity index (χ0n) is 13.1. The third-order valence-electron chi connectivity index (χ3n) is 4.23. The number of unbranched alkanes of at least 4 members (excludes halogenated alkanes) is 2.